The Morgan fingerprint density at radius 2 is 1.50 bits per heavy atom. The van der Waals surface area contributed by atoms with Crippen molar-refractivity contribution in [2.75, 3.05) is 0 Å². The van der Waals surface area contributed by atoms with Gasteiger partial charge in [-0.1, -0.05) is 0 Å². The maximum absolute atomic E-state index is 7.32. The van der Waals surface area contributed by atoms with Crippen LogP contribution in [0.4, 0.5) is 0 Å². The Kier molecular flexibility index (Phi) is 100. The molecule has 4 heteroatoms. The zero-order valence-corrected chi connectivity index (χ0v) is 8.22. The summed E-state index contributed by atoms with van der Waals surface area (Å²) in [5.41, 5.74) is 0. The van der Waals surface area contributed by atoms with Crippen molar-refractivity contribution in [3.8, 4) is 6.07 Å². The monoisotopic (exact) mass is 334 g/mol. The molecule has 0 radical (unpaired) electrons. The minimum atomic E-state index is -0.472. The number of nitriles is 1. The normalized spacial score (nSPS) is 4.25. The third kappa shape index (κ3) is 791. The molecule has 0 saturated carbocycles. The van der Waals surface area contributed by atoms with Crippen molar-refractivity contribution in [1.82, 2.24) is 0 Å². The SMILES string of the molecule is C=C.CC#N.[Cl][Pt][Cl]. The number of hydrogen-bond acceptors (Lipinski definition) is 1. The summed E-state index contributed by atoms with van der Waals surface area (Å²) in [5.74, 6) is 0. The number of rotatable bonds is 0. The average molecular weight is 335 g/mol. The molecule has 0 aliphatic heterocycles. The van der Waals surface area contributed by atoms with Gasteiger partial charge in [0.05, 0.1) is 6.07 Å². The Labute approximate surface area is 66.7 Å². The fourth-order valence-electron chi connectivity index (χ4n) is 0. The van der Waals surface area contributed by atoms with Crippen molar-refractivity contribution in [2.24, 2.45) is 0 Å². The Bertz CT molecular complexity index is 52.5. The zero-order chi connectivity index (χ0) is 7.41. The van der Waals surface area contributed by atoms with E-state index in [1.807, 2.05) is 0 Å². The number of halogens is 2. The number of hydrogen-bond donors (Lipinski definition) is 0. The first-order valence-corrected chi connectivity index (χ1v) is 7.09. The second-order valence-electron chi connectivity index (χ2n) is 0.269. The van der Waals surface area contributed by atoms with Gasteiger partial charge in [-0.15, -0.1) is 13.2 Å². The molecule has 0 atom stereocenters. The summed E-state index contributed by atoms with van der Waals surface area (Å²) in [6, 6.07) is 1.75. The summed E-state index contributed by atoms with van der Waals surface area (Å²) in [5, 5.41) is 7.32. The second-order valence-corrected chi connectivity index (χ2v) is 3.55. The van der Waals surface area contributed by atoms with E-state index in [0.29, 0.717) is 0 Å². The van der Waals surface area contributed by atoms with Gasteiger partial charge in [-0.3, -0.25) is 0 Å². The molecule has 0 N–H and O–H groups in total. The molecule has 0 amide bonds. The van der Waals surface area contributed by atoms with Crippen LogP contribution >= 0.6 is 18.8 Å². The fraction of sp³-hybridized carbons (Fsp3) is 0.250. The first-order valence-electron chi connectivity index (χ1n) is 1.46. The van der Waals surface area contributed by atoms with Gasteiger partial charge in [-0.2, -0.15) is 5.26 Å². The van der Waals surface area contributed by atoms with Crippen LogP contribution in [0.15, 0.2) is 13.2 Å². The number of nitrogens with zero attached hydrogens (tertiary/aromatic N) is 1. The Hall–Kier alpha value is 0.498. The predicted molar refractivity (Wildman–Crippen MR) is 34.2 cm³/mol. The van der Waals surface area contributed by atoms with Crippen molar-refractivity contribution in [3.05, 3.63) is 13.2 Å². The van der Waals surface area contributed by atoms with Crippen molar-refractivity contribution in [1.29, 1.82) is 5.26 Å². The van der Waals surface area contributed by atoms with Crippen molar-refractivity contribution in [3.63, 3.8) is 0 Å². The van der Waals surface area contributed by atoms with Gasteiger partial charge in [0, 0.05) is 6.92 Å². The molecule has 0 aliphatic carbocycles. The fourth-order valence-corrected chi connectivity index (χ4v) is 0. The van der Waals surface area contributed by atoms with Crippen molar-refractivity contribution < 1.29 is 16.5 Å². The molecule has 0 aromatic heterocycles. The summed E-state index contributed by atoms with van der Waals surface area (Å²) in [6.45, 7) is 7.43. The molecule has 0 bridgehead atoms. The molecule has 1 nitrogen and oxygen atoms in total. The van der Waals surface area contributed by atoms with Gasteiger partial charge in [0.15, 0.2) is 0 Å². The minimum absolute atomic E-state index is 0.472. The van der Waals surface area contributed by atoms with Crippen LogP contribution in [-0.4, -0.2) is 0 Å². The molecule has 0 spiro atoms. The second kappa shape index (κ2) is 50.7. The molecule has 52 valence electrons. The van der Waals surface area contributed by atoms with Crippen LogP contribution in [0.1, 0.15) is 6.92 Å². The molecule has 0 saturated heterocycles. The Morgan fingerprint density at radius 3 is 1.50 bits per heavy atom. The van der Waals surface area contributed by atoms with Gasteiger partial charge in [-0.05, 0) is 0 Å². The molecule has 0 aromatic rings. The van der Waals surface area contributed by atoms with Gasteiger partial charge in [0.1, 0.15) is 0 Å². The van der Waals surface area contributed by atoms with Crippen molar-refractivity contribution >= 4 is 18.8 Å². The van der Waals surface area contributed by atoms with Crippen LogP contribution in [0.2, 0.25) is 0 Å². The van der Waals surface area contributed by atoms with E-state index in [1.165, 1.54) is 6.92 Å². The molecule has 0 aromatic carbocycles. The first-order chi connectivity index (χ1) is 3.83. The van der Waals surface area contributed by atoms with Gasteiger partial charge in [-0.25, -0.2) is 0 Å². The third-order valence-electron chi connectivity index (χ3n) is 0. The summed E-state index contributed by atoms with van der Waals surface area (Å²) in [6.07, 6.45) is 0. The van der Waals surface area contributed by atoms with Crippen LogP contribution in [0.5, 0.6) is 0 Å². The Balaban J connectivity index is -0.0000000483. The van der Waals surface area contributed by atoms with Crippen LogP contribution in [-0.2, 0) is 16.5 Å². The van der Waals surface area contributed by atoms with Crippen LogP contribution in [0.3, 0.4) is 0 Å². The molecular formula is C4H7Cl2NPt. The standard InChI is InChI=1S/C2H3N.C2H4.2ClH.Pt/c1-2-3;1-2;;;/h1H3;1-2H2;2*1H;/q;;;;+2/p-2. The van der Waals surface area contributed by atoms with E-state index in [-0.39, 0.29) is 0 Å². The zero-order valence-electron chi connectivity index (χ0n) is 4.43. The molecule has 8 heavy (non-hydrogen) atoms. The average Bonchev–Trinajstić information content (AvgIpc) is 1.75. The van der Waals surface area contributed by atoms with E-state index in [1.54, 1.807) is 6.07 Å². The summed E-state index contributed by atoms with van der Waals surface area (Å²) in [7, 11) is 9.75. The van der Waals surface area contributed by atoms with E-state index in [4.69, 9.17) is 24.1 Å². The first kappa shape index (κ1) is 15.8. The van der Waals surface area contributed by atoms with E-state index in [0.717, 1.165) is 0 Å². The van der Waals surface area contributed by atoms with Gasteiger partial charge in [0.25, 0.3) is 0 Å². The molecule has 0 unspecified atom stereocenters. The molecule has 0 fully saturated rings. The summed E-state index contributed by atoms with van der Waals surface area (Å²) < 4.78 is 0. The molecule has 0 heterocycles. The van der Waals surface area contributed by atoms with E-state index in [2.05, 4.69) is 13.2 Å². The van der Waals surface area contributed by atoms with E-state index >= 15 is 0 Å². The van der Waals surface area contributed by atoms with Crippen LogP contribution in [0, 0.1) is 11.3 Å². The summed E-state index contributed by atoms with van der Waals surface area (Å²) >= 11 is -0.472. The molecule has 0 aliphatic rings. The van der Waals surface area contributed by atoms with E-state index in [9.17, 15) is 0 Å². The third-order valence-corrected chi connectivity index (χ3v) is 0. The Morgan fingerprint density at radius 1 is 1.50 bits per heavy atom. The van der Waals surface area contributed by atoms with Crippen molar-refractivity contribution in [2.45, 2.75) is 6.92 Å². The maximum atomic E-state index is 7.32. The van der Waals surface area contributed by atoms with Gasteiger partial charge < -0.3 is 0 Å². The quantitative estimate of drug-likeness (QED) is 0.625. The van der Waals surface area contributed by atoms with Gasteiger partial charge >= 0.3 is 35.3 Å². The van der Waals surface area contributed by atoms with E-state index < -0.39 is 16.5 Å². The topological polar surface area (TPSA) is 23.8 Å². The summed E-state index contributed by atoms with van der Waals surface area (Å²) in [4.78, 5) is 0. The van der Waals surface area contributed by atoms with Crippen LogP contribution < -0.4 is 0 Å². The van der Waals surface area contributed by atoms with Gasteiger partial charge in [0.2, 0.25) is 0 Å². The predicted octanol–water partition coefficient (Wildman–Crippen LogP) is 2.71. The molecular weight excluding hydrogens is 328 g/mol. The van der Waals surface area contributed by atoms with Crippen LogP contribution in [0.25, 0.3) is 0 Å². The molecule has 0 rings (SSSR count).